The van der Waals surface area contributed by atoms with Crippen LogP contribution in [0.15, 0.2) is 45.3 Å². The zero-order chi connectivity index (χ0) is 15.6. The molecule has 0 amide bonds. The van der Waals surface area contributed by atoms with E-state index in [1.54, 1.807) is 24.3 Å². The molecule has 4 nitrogen and oxygen atoms in total. The first-order valence-electron chi connectivity index (χ1n) is 6.04. The second-order valence-corrected chi connectivity index (χ2v) is 6.17. The molecule has 7 heteroatoms. The molecule has 0 aliphatic heterocycles. The summed E-state index contributed by atoms with van der Waals surface area (Å²) in [6.07, 6.45) is 0. The van der Waals surface area contributed by atoms with Crippen LogP contribution in [-0.2, 0) is 0 Å². The number of hydrogen-bond acceptors (Lipinski definition) is 3. The van der Waals surface area contributed by atoms with E-state index in [2.05, 4.69) is 37.2 Å². The quantitative estimate of drug-likeness (QED) is 0.532. The third kappa shape index (κ3) is 3.79. The number of nitro benzene ring substituents is 1. The predicted molar refractivity (Wildman–Crippen MR) is 86.9 cm³/mol. The maximum Gasteiger partial charge on any atom is 0.283 e. The van der Waals surface area contributed by atoms with E-state index >= 15 is 0 Å². The summed E-state index contributed by atoms with van der Waals surface area (Å²) in [7, 11) is 0. The number of nitro groups is 1. The number of anilines is 1. The van der Waals surface area contributed by atoms with Crippen LogP contribution in [-0.4, -0.2) is 4.92 Å². The average Bonchev–Trinajstić information content (AvgIpc) is 2.41. The summed E-state index contributed by atoms with van der Waals surface area (Å²) < 4.78 is 14.0. The van der Waals surface area contributed by atoms with Crippen molar-refractivity contribution in [1.29, 1.82) is 0 Å². The van der Waals surface area contributed by atoms with Gasteiger partial charge in [0.15, 0.2) is 0 Å². The minimum Gasteiger partial charge on any atom is -0.378 e. The Morgan fingerprint density at radius 1 is 1.19 bits per heavy atom. The zero-order valence-electron chi connectivity index (χ0n) is 10.9. The Labute approximate surface area is 137 Å². The molecule has 2 rings (SSSR count). The molecule has 0 aliphatic carbocycles. The van der Waals surface area contributed by atoms with Gasteiger partial charge in [-0.2, -0.15) is 0 Å². The van der Waals surface area contributed by atoms with Crippen molar-refractivity contribution in [3.05, 3.63) is 66.8 Å². The highest BCUT2D eigenvalue weighted by Gasteiger charge is 2.13. The molecular formula is C14H11Br2FN2O2. The lowest BCUT2D eigenvalue weighted by Crippen LogP contribution is -2.07. The van der Waals surface area contributed by atoms with E-state index in [0.29, 0.717) is 8.95 Å². The van der Waals surface area contributed by atoms with Crippen LogP contribution in [0.5, 0.6) is 0 Å². The normalized spacial score (nSPS) is 12.0. The third-order valence-electron chi connectivity index (χ3n) is 2.97. The highest BCUT2D eigenvalue weighted by Crippen LogP contribution is 2.30. The van der Waals surface area contributed by atoms with Gasteiger partial charge in [-0.25, -0.2) is 4.39 Å². The van der Waals surface area contributed by atoms with Gasteiger partial charge in [-0.15, -0.1) is 0 Å². The van der Waals surface area contributed by atoms with Gasteiger partial charge in [-0.05, 0) is 68.6 Å². The van der Waals surface area contributed by atoms with Gasteiger partial charge in [0, 0.05) is 17.8 Å². The number of hydrogen-bond donors (Lipinski definition) is 1. The topological polar surface area (TPSA) is 55.2 Å². The Kier molecular flexibility index (Phi) is 4.95. The molecule has 0 saturated heterocycles. The number of nitrogens with zero attached hydrogens (tertiary/aromatic N) is 1. The van der Waals surface area contributed by atoms with E-state index in [1.807, 2.05) is 6.92 Å². The third-order valence-corrected chi connectivity index (χ3v) is 4.21. The fraction of sp³-hybridized carbons (Fsp3) is 0.143. The second kappa shape index (κ2) is 6.53. The molecule has 0 bridgehead atoms. The Hall–Kier alpha value is -1.47. The molecule has 2 aromatic carbocycles. The van der Waals surface area contributed by atoms with E-state index in [-0.39, 0.29) is 17.5 Å². The molecule has 0 aromatic heterocycles. The van der Waals surface area contributed by atoms with Gasteiger partial charge < -0.3 is 5.32 Å². The minimum absolute atomic E-state index is 0.0118. The Morgan fingerprint density at radius 2 is 1.90 bits per heavy atom. The molecule has 0 aliphatic rings. The van der Waals surface area contributed by atoms with Gasteiger partial charge in [-0.1, -0.05) is 6.07 Å². The first-order chi connectivity index (χ1) is 9.88. The lowest BCUT2D eigenvalue weighted by molar-refractivity contribution is -0.385. The van der Waals surface area contributed by atoms with Crippen LogP contribution in [0.1, 0.15) is 18.5 Å². The second-order valence-electron chi connectivity index (χ2n) is 4.46. The van der Waals surface area contributed by atoms with Crippen molar-refractivity contribution in [3.8, 4) is 0 Å². The predicted octanol–water partition coefficient (Wildman–Crippen LogP) is 5.43. The van der Waals surface area contributed by atoms with E-state index in [0.717, 1.165) is 11.3 Å². The van der Waals surface area contributed by atoms with Crippen molar-refractivity contribution in [1.82, 2.24) is 0 Å². The Bertz CT molecular complexity index is 695. The van der Waals surface area contributed by atoms with Gasteiger partial charge >= 0.3 is 0 Å². The van der Waals surface area contributed by atoms with Gasteiger partial charge in [0.1, 0.15) is 5.82 Å². The monoisotopic (exact) mass is 416 g/mol. The number of halogens is 3. The van der Waals surface area contributed by atoms with Crippen LogP contribution in [0.2, 0.25) is 0 Å². The molecule has 0 spiro atoms. The van der Waals surface area contributed by atoms with Gasteiger partial charge in [0.25, 0.3) is 5.69 Å². The molecule has 21 heavy (non-hydrogen) atoms. The summed E-state index contributed by atoms with van der Waals surface area (Å²) in [6.45, 7) is 1.93. The summed E-state index contributed by atoms with van der Waals surface area (Å²) in [6, 6.07) is 9.43. The van der Waals surface area contributed by atoms with Gasteiger partial charge in [-0.3, -0.25) is 10.1 Å². The molecule has 2 aromatic rings. The van der Waals surface area contributed by atoms with Crippen LogP contribution in [0.4, 0.5) is 15.8 Å². The van der Waals surface area contributed by atoms with Crippen molar-refractivity contribution in [2.75, 3.05) is 5.32 Å². The van der Waals surface area contributed by atoms with Crippen molar-refractivity contribution < 1.29 is 9.31 Å². The van der Waals surface area contributed by atoms with E-state index in [4.69, 9.17) is 0 Å². The summed E-state index contributed by atoms with van der Waals surface area (Å²) >= 11 is 6.33. The maximum atomic E-state index is 13.2. The van der Waals surface area contributed by atoms with Crippen LogP contribution in [0, 0.1) is 15.9 Å². The van der Waals surface area contributed by atoms with Crippen molar-refractivity contribution in [2.24, 2.45) is 0 Å². The van der Waals surface area contributed by atoms with E-state index in [1.165, 1.54) is 12.1 Å². The highest BCUT2D eigenvalue weighted by atomic mass is 79.9. The van der Waals surface area contributed by atoms with Crippen molar-refractivity contribution in [2.45, 2.75) is 13.0 Å². The first-order valence-corrected chi connectivity index (χ1v) is 7.62. The van der Waals surface area contributed by atoms with Crippen molar-refractivity contribution >= 4 is 43.2 Å². The fourth-order valence-electron chi connectivity index (χ4n) is 1.86. The summed E-state index contributed by atoms with van der Waals surface area (Å²) in [5.74, 6) is -0.316. The summed E-state index contributed by atoms with van der Waals surface area (Å²) in [5.41, 5.74) is 1.65. The van der Waals surface area contributed by atoms with Crippen LogP contribution >= 0.6 is 31.9 Å². The lowest BCUT2D eigenvalue weighted by atomic mass is 10.1. The van der Waals surface area contributed by atoms with E-state index < -0.39 is 4.92 Å². The first kappa shape index (κ1) is 15.9. The number of nitrogens with one attached hydrogen (secondary N) is 1. The molecule has 0 saturated carbocycles. The molecule has 1 N–H and O–H groups in total. The fourth-order valence-corrected chi connectivity index (χ4v) is 2.78. The largest absolute Gasteiger partial charge is 0.378 e. The van der Waals surface area contributed by atoms with Crippen LogP contribution in [0.3, 0.4) is 0 Å². The summed E-state index contributed by atoms with van der Waals surface area (Å²) in [4.78, 5) is 10.3. The zero-order valence-corrected chi connectivity index (χ0v) is 14.1. The summed E-state index contributed by atoms with van der Waals surface area (Å²) in [5, 5.41) is 14.0. The minimum atomic E-state index is -0.450. The number of rotatable bonds is 4. The Morgan fingerprint density at radius 3 is 2.48 bits per heavy atom. The molecular weight excluding hydrogens is 407 g/mol. The molecule has 110 valence electrons. The Balaban J connectivity index is 2.19. The van der Waals surface area contributed by atoms with Crippen LogP contribution < -0.4 is 5.32 Å². The lowest BCUT2D eigenvalue weighted by Gasteiger charge is -2.16. The van der Waals surface area contributed by atoms with Crippen molar-refractivity contribution in [3.63, 3.8) is 0 Å². The number of benzene rings is 2. The average molecular weight is 418 g/mol. The molecule has 0 radical (unpaired) electrons. The molecule has 1 unspecified atom stereocenters. The van der Waals surface area contributed by atoms with Gasteiger partial charge in [0.05, 0.1) is 13.9 Å². The standard InChI is InChI=1S/C14H11Br2FN2O2/c1-8(9-2-4-13(17)11(15)6-9)18-10-3-5-14(19(20)21)12(16)7-10/h2-8,18H,1H3. The van der Waals surface area contributed by atoms with Gasteiger partial charge in [0.2, 0.25) is 0 Å². The molecule has 0 fully saturated rings. The molecule has 1 atom stereocenters. The van der Waals surface area contributed by atoms with E-state index in [9.17, 15) is 14.5 Å². The SMILES string of the molecule is CC(Nc1ccc([N+](=O)[O-])c(Br)c1)c1ccc(F)c(Br)c1. The highest BCUT2D eigenvalue weighted by molar-refractivity contribution is 9.10. The maximum absolute atomic E-state index is 13.2. The molecule has 0 heterocycles. The van der Waals surface area contributed by atoms with Crippen LogP contribution in [0.25, 0.3) is 0 Å². The smallest absolute Gasteiger partial charge is 0.283 e.